The second kappa shape index (κ2) is 6.83. The highest BCUT2D eigenvalue weighted by Crippen LogP contribution is 2.05. The van der Waals surface area contributed by atoms with Crippen molar-refractivity contribution < 1.29 is 19.1 Å². The zero-order valence-corrected chi connectivity index (χ0v) is 11.1. The molecule has 0 fully saturated rings. The largest absolute Gasteiger partial charge is 0.480 e. The Kier molecular flexibility index (Phi) is 5.43. The number of hydrogen-bond acceptors (Lipinski definition) is 6. The Morgan fingerprint density at radius 1 is 1.37 bits per heavy atom. The van der Waals surface area contributed by atoms with E-state index in [9.17, 15) is 9.59 Å². The van der Waals surface area contributed by atoms with E-state index in [1.807, 2.05) is 13.8 Å². The SMILES string of the molecule is Cc1nnc(NC(=O)CNC(CC(C)C)C(=O)O)o1. The lowest BCUT2D eigenvalue weighted by atomic mass is 10.0. The van der Waals surface area contributed by atoms with Crippen molar-refractivity contribution in [2.24, 2.45) is 5.92 Å². The molecule has 0 radical (unpaired) electrons. The lowest BCUT2D eigenvalue weighted by Crippen LogP contribution is -2.42. The molecule has 106 valence electrons. The van der Waals surface area contributed by atoms with Gasteiger partial charge in [-0.2, -0.15) is 0 Å². The lowest BCUT2D eigenvalue weighted by Gasteiger charge is -2.15. The predicted octanol–water partition coefficient (Wildman–Crippen LogP) is 0.405. The summed E-state index contributed by atoms with van der Waals surface area (Å²) in [6.07, 6.45) is 0.447. The third-order valence-electron chi connectivity index (χ3n) is 2.29. The van der Waals surface area contributed by atoms with Gasteiger partial charge in [0.05, 0.1) is 6.54 Å². The van der Waals surface area contributed by atoms with Crippen molar-refractivity contribution in [2.75, 3.05) is 11.9 Å². The van der Waals surface area contributed by atoms with Gasteiger partial charge in [0.2, 0.25) is 11.8 Å². The van der Waals surface area contributed by atoms with Gasteiger partial charge >= 0.3 is 12.0 Å². The fourth-order valence-electron chi connectivity index (χ4n) is 1.47. The number of carbonyl (C=O) groups is 2. The molecule has 0 saturated heterocycles. The van der Waals surface area contributed by atoms with E-state index < -0.39 is 17.9 Å². The molecule has 1 amide bonds. The predicted molar refractivity (Wildman–Crippen MR) is 66.5 cm³/mol. The Morgan fingerprint density at radius 2 is 2.05 bits per heavy atom. The van der Waals surface area contributed by atoms with Crippen LogP contribution in [0, 0.1) is 12.8 Å². The number of rotatable bonds is 7. The maximum Gasteiger partial charge on any atom is 0.322 e. The summed E-state index contributed by atoms with van der Waals surface area (Å²) in [5.41, 5.74) is 0. The van der Waals surface area contributed by atoms with Gasteiger partial charge in [-0.1, -0.05) is 18.9 Å². The Morgan fingerprint density at radius 3 is 2.53 bits per heavy atom. The van der Waals surface area contributed by atoms with Gasteiger partial charge < -0.3 is 9.52 Å². The summed E-state index contributed by atoms with van der Waals surface area (Å²) >= 11 is 0. The van der Waals surface area contributed by atoms with E-state index >= 15 is 0 Å². The first-order valence-electron chi connectivity index (χ1n) is 5.94. The Hall–Kier alpha value is -1.96. The van der Waals surface area contributed by atoms with Crippen LogP contribution in [0.25, 0.3) is 0 Å². The van der Waals surface area contributed by atoms with Crippen LogP contribution in [-0.4, -0.2) is 39.8 Å². The number of nitrogens with one attached hydrogen (secondary N) is 2. The normalized spacial score (nSPS) is 12.4. The highest BCUT2D eigenvalue weighted by Gasteiger charge is 2.19. The molecule has 0 aliphatic heterocycles. The van der Waals surface area contributed by atoms with E-state index in [-0.39, 0.29) is 18.5 Å². The van der Waals surface area contributed by atoms with Crippen LogP contribution >= 0.6 is 0 Å². The smallest absolute Gasteiger partial charge is 0.322 e. The van der Waals surface area contributed by atoms with E-state index in [1.54, 1.807) is 6.92 Å². The first-order chi connectivity index (χ1) is 8.88. The second-order valence-corrected chi connectivity index (χ2v) is 4.58. The number of aryl methyl sites for hydroxylation is 1. The monoisotopic (exact) mass is 270 g/mol. The van der Waals surface area contributed by atoms with Crippen molar-refractivity contribution in [1.82, 2.24) is 15.5 Å². The van der Waals surface area contributed by atoms with Crippen LogP contribution in [0.2, 0.25) is 0 Å². The number of anilines is 1. The maximum absolute atomic E-state index is 11.5. The molecule has 8 heteroatoms. The number of aliphatic carboxylic acids is 1. The first-order valence-corrected chi connectivity index (χ1v) is 5.94. The van der Waals surface area contributed by atoms with Crippen LogP contribution in [0.15, 0.2) is 4.42 Å². The van der Waals surface area contributed by atoms with Gasteiger partial charge in [0.25, 0.3) is 0 Å². The summed E-state index contributed by atoms with van der Waals surface area (Å²) in [7, 11) is 0. The van der Waals surface area contributed by atoms with Gasteiger partial charge in [-0.3, -0.25) is 20.2 Å². The minimum absolute atomic E-state index is 0.0000320. The Bertz CT molecular complexity index is 444. The Balaban J connectivity index is 2.41. The molecule has 1 rings (SSSR count). The second-order valence-electron chi connectivity index (χ2n) is 4.58. The van der Waals surface area contributed by atoms with Gasteiger partial charge in [0.1, 0.15) is 6.04 Å². The molecule has 1 aromatic heterocycles. The molecule has 0 bridgehead atoms. The van der Waals surface area contributed by atoms with Crippen LogP contribution in [-0.2, 0) is 9.59 Å². The highest BCUT2D eigenvalue weighted by molar-refractivity contribution is 5.90. The molecule has 1 heterocycles. The van der Waals surface area contributed by atoms with Crippen LogP contribution in [0.5, 0.6) is 0 Å². The van der Waals surface area contributed by atoms with Crippen molar-refractivity contribution in [3.63, 3.8) is 0 Å². The highest BCUT2D eigenvalue weighted by atomic mass is 16.4. The Labute approximate surface area is 110 Å². The first kappa shape index (κ1) is 15.1. The zero-order chi connectivity index (χ0) is 14.4. The molecule has 0 spiro atoms. The average Bonchev–Trinajstić information content (AvgIpc) is 2.69. The standard InChI is InChI=1S/C11H18N4O4/c1-6(2)4-8(10(17)18)12-5-9(16)13-11-15-14-7(3)19-11/h6,8,12H,4-5H2,1-3H3,(H,17,18)(H,13,15,16). The van der Waals surface area contributed by atoms with Gasteiger partial charge in [0, 0.05) is 6.92 Å². The van der Waals surface area contributed by atoms with Gasteiger partial charge in [-0.25, -0.2) is 0 Å². The van der Waals surface area contributed by atoms with Crippen molar-refractivity contribution >= 4 is 17.9 Å². The molecule has 1 aromatic rings. The average molecular weight is 270 g/mol. The number of nitrogens with zero attached hydrogens (tertiary/aromatic N) is 2. The van der Waals surface area contributed by atoms with E-state index in [0.717, 1.165) is 0 Å². The number of carboxylic acids is 1. The summed E-state index contributed by atoms with van der Waals surface area (Å²) in [5.74, 6) is -0.851. The molecule has 0 saturated carbocycles. The molecule has 19 heavy (non-hydrogen) atoms. The minimum Gasteiger partial charge on any atom is -0.480 e. The van der Waals surface area contributed by atoms with E-state index in [1.165, 1.54) is 0 Å². The van der Waals surface area contributed by atoms with Gasteiger partial charge in [0.15, 0.2) is 0 Å². The van der Waals surface area contributed by atoms with Crippen LogP contribution in [0.4, 0.5) is 6.01 Å². The number of hydrogen-bond donors (Lipinski definition) is 3. The molecule has 0 aliphatic carbocycles. The van der Waals surface area contributed by atoms with Crippen LogP contribution in [0.3, 0.4) is 0 Å². The number of carboxylic acid groups (broad SMARTS) is 1. The molecule has 8 nitrogen and oxygen atoms in total. The third-order valence-corrected chi connectivity index (χ3v) is 2.29. The van der Waals surface area contributed by atoms with Crippen LogP contribution < -0.4 is 10.6 Å². The molecule has 0 aromatic carbocycles. The minimum atomic E-state index is -0.977. The van der Waals surface area contributed by atoms with E-state index in [2.05, 4.69) is 20.8 Å². The number of carbonyl (C=O) groups excluding carboxylic acids is 1. The quantitative estimate of drug-likeness (QED) is 0.656. The molecule has 0 aliphatic rings. The van der Waals surface area contributed by atoms with E-state index in [4.69, 9.17) is 9.52 Å². The van der Waals surface area contributed by atoms with Crippen molar-refractivity contribution in [3.05, 3.63) is 5.89 Å². The van der Waals surface area contributed by atoms with Crippen LogP contribution in [0.1, 0.15) is 26.2 Å². The fourth-order valence-corrected chi connectivity index (χ4v) is 1.47. The maximum atomic E-state index is 11.5. The van der Waals surface area contributed by atoms with Crippen molar-refractivity contribution in [3.8, 4) is 0 Å². The summed E-state index contributed by atoms with van der Waals surface area (Å²) in [4.78, 5) is 22.5. The van der Waals surface area contributed by atoms with Gasteiger partial charge in [-0.05, 0) is 12.3 Å². The summed E-state index contributed by atoms with van der Waals surface area (Å²) in [5, 5.41) is 21.2. The van der Waals surface area contributed by atoms with Crippen molar-refractivity contribution in [1.29, 1.82) is 0 Å². The fraction of sp³-hybridized carbons (Fsp3) is 0.636. The number of aromatic nitrogens is 2. The zero-order valence-electron chi connectivity index (χ0n) is 11.1. The summed E-state index contributed by atoms with van der Waals surface area (Å²) < 4.78 is 4.97. The molecular formula is C11H18N4O4. The summed E-state index contributed by atoms with van der Waals surface area (Å²) in [6, 6.07) is -0.754. The molecule has 1 unspecified atom stereocenters. The third kappa shape index (κ3) is 5.47. The van der Waals surface area contributed by atoms with E-state index in [0.29, 0.717) is 12.3 Å². The van der Waals surface area contributed by atoms with Crippen molar-refractivity contribution in [2.45, 2.75) is 33.2 Å². The van der Waals surface area contributed by atoms with Gasteiger partial charge in [-0.15, -0.1) is 5.10 Å². The number of amides is 1. The molecule has 3 N–H and O–H groups in total. The summed E-state index contributed by atoms with van der Waals surface area (Å²) in [6.45, 7) is 5.30. The lowest BCUT2D eigenvalue weighted by molar-refractivity contribution is -0.139. The molecular weight excluding hydrogens is 252 g/mol. The topological polar surface area (TPSA) is 117 Å². The molecule has 1 atom stereocenters.